The van der Waals surface area contributed by atoms with E-state index < -0.39 is 0 Å². The molecule has 0 bridgehead atoms. The van der Waals surface area contributed by atoms with Crippen molar-refractivity contribution < 1.29 is 0 Å². The Morgan fingerprint density at radius 1 is 0.838 bits per heavy atom. The van der Waals surface area contributed by atoms with Gasteiger partial charge in [-0.15, -0.1) is 0 Å². The van der Waals surface area contributed by atoms with Gasteiger partial charge in [0.1, 0.15) is 0 Å². The number of benzene rings is 4. The zero-order valence-corrected chi connectivity index (χ0v) is 22.2. The Morgan fingerprint density at radius 2 is 1.51 bits per heavy atom. The molecule has 5 heteroatoms. The van der Waals surface area contributed by atoms with Crippen LogP contribution in [0.3, 0.4) is 0 Å². The van der Waals surface area contributed by atoms with E-state index in [0.717, 1.165) is 71.0 Å². The summed E-state index contributed by atoms with van der Waals surface area (Å²) < 4.78 is 2.30. The maximum absolute atomic E-state index is 5.09. The van der Waals surface area contributed by atoms with E-state index in [1.54, 1.807) is 0 Å². The first kappa shape index (κ1) is 24.7. The van der Waals surface area contributed by atoms with Gasteiger partial charge in [-0.05, 0) is 75.5 Å². The molecule has 0 unspecified atom stereocenters. The molecule has 0 spiro atoms. The SMILES string of the molecule is CCN(CC)CCN=c1cc2n(-c3ccc(C)cc3)c3ccccc3nc-2cc1Nc1ccc(C)cc1. The second kappa shape index (κ2) is 11.0. The average Bonchev–Trinajstić information content (AvgIpc) is 2.92. The number of aromatic nitrogens is 2. The van der Waals surface area contributed by atoms with Gasteiger partial charge in [0.2, 0.25) is 0 Å². The van der Waals surface area contributed by atoms with E-state index in [2.05, 4.69) is 121 Å². The van der Waals surface area contributed by atoms with E-state index >= 15 is 0 Å². The van der Waals surface area contributed by atoms with Crippen LogP contribution in [0, 0.1) is 13.8 Å². The van der Waals surface area contributed by atoms with Gasteiger partial charge >= 0.3 is 0 Å². The Labute approximate surface area is 219 Å². The van der Waals surface area contributed by atoms with Gasteiger partial charge in [0.05, 0.1) is 40.0 Å². The summed E-state index contributed by atoms with van der Waals surface area (Å²) in [7, 11) is 0. The lowest BCUT2D eigenvalue weighted by Crippen LogP contribution is -2.26. The van der Waals surface area contributed by atoms with Gasteiger partial charge in [-0.25, -0.2) is 4.98 Å². The van der Waals surface area contributed by atoms with Crippen LogP contribution in [0.15, 0.2) is 89.9 Å². The van der Waals surface area contributed by atoms with Crippen LogP contribution in [-0.2, 0) is 0 Å². The van der Waals surface area contributed by atoms with Crippen molar-refractivity contribution >= 4 is 22.4 Å². The molecule has 0 radical (unpaired) electrons. The normalized spacial score (nSPS) is 12.1. The highest BCUT2D eigenvalue weighted by Crippen LogP contribution is 2.30. The van der Waals surface area contributed by atoms with Crippen molar-refractivity contribution in [3.05, 3.63) is 101 Å². The van der Waals surface area contributed by atoms with Gasteiger partial charge in [0.15, 0.2) is 0 Å². The van der Waals surface area contributed by atoms with Crippen molar-refractivity contribution in [1.82, 2.24) is 14.5 Å². The first-order valence-corrected chi connectivity index (χ1v) is 13.1. The van der Waals surface area contributed by atoms with Crippen LogP contribution in [-0.4, -0.2) is 40.6 Å². The Morgan fingerprint density at radius 3 is 2.22 bits per heavy atom. The highest BCUT2D eigenvalue weighted by atomic mass is 15.1. The van der Waals surface area contributed by atoms with E-state index in [4.69, 9.17) is 9.98 Å². The third-order valence-corrected chi connectivity index (χ3v) is 6.91. The molecule has 1 aliphatic carbocycles. The minimum absolute atomic E-state index is 0.737. The van der Waals surface area contributed by atoms with Crippen molar-refractivity contribution in [3.8, 4) is 17.1 Å². The summed E-state index contributed by atoms with van der Waals surface area (Å²) in [6.45, 7) is 12.4. The van der Waals surface area contributed by atoms with Crippen molar-refractivity contribution in [2.45, 2.75) is 27.7 Å². The standard InChI is InChI=1S/C32H35N5/c1-5-36(6-2)20-19-33-28-22-32-30(21-29(28)34-25-15-11-23(3)12-16-25)35-27-9-7-8-10-31(27)37(32)26-17-13-24(4)14-18-26/h7-18,21-22,34H,5-6,19-20H2,1-4H3. The van der Waals surface area contributed by atoms with Crippen LogP contribution < -0.4 is 10.7 Å². The highest BCUT2D eigenvalue weighted by molar-refractivity contribution is 5.84. The number of likely N-dealkylation sites (N-methyl/N-ethyl adjacent to an activating group) is 1. The number of anilines is 2. The summed E-state index contributed by atoms with van der Waals surface area (Å²) in [5.74, 6) is 0. The summed E-state index contributed by atoms with van der Waals surface area (Å²) >= 11 is 0. The molecule has 1 aliphatic heterocycles. The molecule has 3 aromatic carbocycles. The summed E-state index contributed by atoms with van der Waals surface area (Å²) in [6.07, 6.45) is 0. The lowest BCUT2D eigenvalue weighted by atomic mass is 10.1. The number of hydrogen-bond acceptors (Lipinski definition) is 4. The molecule has 5 nitrogen and oxygen atoms in total. The van der Waals surface area contributed by atoms with Crippen molar-refractivity contribution in [2.75, 3.05) is 31.5 Å². The zero-order valence-electron chi connectivity index (χ0n) is 22.2. The topological polar surface area (TPSA) is 45.5 Å². The number of nitrogens with zero attached hydrogens (tertiary/aromatic N) is 4. The fourth-order valence-electron chi connectivity index (χ4n) is 4.69. The molecule has 0 aromatic heterocycles. The molecule has 1 heterocycles. The second-order valence-electron chi connectivity index (χ2n) is 9.53. The first-order valence-electron chi connectivity index (χ1n) is 13.1. The monoisotopic (exact) mass is 489 g/mol. The molecule has 5 rings (SSSR count). The zero-order chi connectivity index (χ0) is 25.8. The summed E-state index contributed by atoms with van der Waals surface area (Å²) in [4.78, 5) is 12.6. The number of rotatable bonds is 8. The van der Waals surface area contributed by atoms with Crippen LogP contribution in [0.25, 0.3) is 28.1 Å². The molecule has 3 aromatic rings. The molecule has 0 atom stereocenters. The summed E-state index contributed by atoms with van der Waals surface area (Å²) in [5, 5.41) is 4.56. The van der Waals surface area contributed by atoms with Gasteiger partial charge < -0.3 is 14.8 Å². The molecule has 0 saturated heterocycles. The van der Waals surface area contributed by atoms with Crippen molar-refractivity contribution in [1.29, 1.82) is 0 Å². The predicted molar refractivity (Wildman–Crippen MR) is 155 cm³/mol. The lowest BCUT2D eigenvalue weighted by molar-refractivity contribution is 0.312. The number of fused-ring (bicyclic) bond motifs is 2. The number of nitrogens with one attached hydrogen (secondary N) is 1. The predicted octanol–water partition coefficient (Wildman–Crippen LogP) is 6.73. The first-order chi connectivity index (χ1) is 18.1. The molecule has 2 aliphatic rings. The minimum atomic E-state index is 0.737. The van der Waals surface area contributed by atoms with Crippen LogP contribution in [0.2, 0.25) is 0 Å². The lowest BCUT2D eigenvalue weighted by Gasteiger charge is -2.21. The quantitative estimate of drug-likeness (QED) is 0.246. The largest absolute Gasteiger partial charge is 0.354 e. The third-order valence-electron chi connectivity index (χ3n) is 6.91. The smallest absolute Gasteiger partial charge is 0.0900 e. The molecular formula is C32H35N5. The maximum atomic E-state index is 5.09. The molecule has 1 N–H and O–H groups in total. The number of aryl methyl sites for hydroxylation is 2. The van der Waals surface area contributed by atoms with E-state index in [1.165, 1.54) is 11.1 Å². The van der Waals surface area contributed by atoms with E-state index in [9.17, 15) is 0 Å². The van der Waals surface area contributed by atoms with E-state index in [0.29, 0.717) is 0 Å². The van der Waals surface area contributed by atoms with Gasteiger partial charge in [-0.2, -0.15) is 0 Å². The van der Waals surface area contributed by atoms with Gasteiger partial charge in [-0.3, -0.25) is 4.99 Å². The Balaban J connectivity index is 1.72. The fourth-order valence-corrected chi connectivity index (χ4v) is 4.69. The average molecular weight is 490 g/mol. The third kappa shape index (κ3) is 5.42. The van der Waals surface area contributed by atoms with Crippen molar-refractivity contribution in [2.24, 2.45) is 4.99 Å². The van der Waals surface area contributed by atoms with Gasteiger partial charge in [-0.1, -0.05) is 61.4 Å². The van der Waals surface area contributed by atoms with Crippen LogP contribution in [0.1, 0.15) is 25.0 Å². The number of hydrogen-bond donors (Lipinski definition) is 1. The molecule has 0 amide bonds. The summed E-state index contributed by atoms with van der Waals surface area (Å²) in [5.41, 5.74) is 9.60. The van der Waals surface area contributed by atoms with Gasteiger partial charge in [0, 0.05) is 17.9 Å². The van der Waals surface area contributed by atoms with Crippen LogP contribution >= 0.6 is 0 Å². The number of para-hydroxylation sites is 2. The van der Waals surface area contributed by atoms with Crippen molar-refractivity contribution in [3.63, 3.8) is 0 Å². The molecular weight excluding hydrogens is 454 g/mol. The maximum Gasteiger partial charge on any atom is 0.0900 e. The highest BCUT2D eigenvalue weighted by Gasteiger charge is 2.16. The molecule has 0 saturated carbocycles. The molecule has 0 fully saturated rings. The van der Waals surface area contributed by atoms with Crippen LogP contribution in [0.5, 0.6) is 0 Å². The molecule has 188 valence electrons. The Hall–Kier alpha value is -3.96. The second-order valence-corrected chi connectivity index (χ2v) is 9.53. The van der Waals surface area contributed by atoms with Gasteiger partial charge in [0.25, 0.3) is 0 Å². The van der Waals surface area contributed by atoms with E-state index in [-0.39, 0.29) is 0 Å². The molecule has 37 heavy (non-hydrogen) atoms. The Bertz CT molecular complexity index is 1530. The Kier molecular flexibility index (Phi) is 7.33. The summed E-state index contributed by atoms with van der Waals surface area (Å²) in [6, 6.07) is 29.8. The van der Waals surface area contributed by atoms with E-state index in [1.807, 2.05) is 6.07 Å². The van der Waals surface area contributed by atoms with Crippen LogP contribution in [0.4, 0.5) is 11.4 Å². The minimum Gasteiger partial charge on any atom is -0.354 e. The fraction of sp³-hybridized carbons (Fsp3) is 0.250.